The highest BCUT2D eigenvalue weighted by Crippen LogP contribution is 2.20. The van der Waals surface area contributed by atoms with Gasteiger partial charge in [0.15, 0.2) is 0 Å². The highest BCUT2D eigenvalue weighted by molar-refractivity contribution is 6.67. The second-order valence-corrected chi connectivity index (χ2v) is 9.90. The first-order valence-corrected chi connectivity index (χ1v) is 10.7. The van der Waals surface area contributed by atoms with Crippen LogP contribution in [-0.4, -0.2) is 21.8 Å². The van der Waals surface area contributed by atoms with Crippen molar-refractivity contribution < 1.29 is 8.85 Å². The van der Waals surface area contributed by atoms with Gasteiger partial charge in [-0.15, -0.1) is 0 Å². The van der Waals surface area contributed by atoms with E-state index in [0.29, 0.717) is 0 Å². The van der Waals surface area contributed by atoms with Gasteiger partial charge in [0.05, 0.1) is 0 Å². The Balaban J connectivity index is 2.36. The average molecular weight is 309 g/mol. The van der Waals surface area contributed by atoms with E-state index in [0.717, 1.165) is 44.1 Å². The third-order valence-corrected chi connectivity index (χ3v) is 7.58. The van der Waals surface area contributed by atoms with E-state index < -0.39 is 8.56 Å². The molecule has 1 aromatic rings. The standard InChI is InChI=1S/C18H32O2Si/c1-5-21(6-2,19-15-10-11-17(3)4)20-16-14-18-12-8-7-9-13-18/h7-9,12-13,17H,5-6,10-11,14-16H2,1-4H3. The summed E-state index contributed by atoms with van der Waals surface area (Å²) in [5.74, 6) is 0.756. The van der Waals surface area contributed by atoms with Crippen LogP contribution in [0.15, 0.2) is 30.3 Å². The van der Waals surface area contributed by atoms with Crippen LogP contribution in [0.25, 0.3) is 0 Å². The van der Waals surface area contributed by atoms with Crippen LogP contribution in [0.1, 0.15) is 46.1 Å². The van der Waals surface area contributed by atoms with E-state index in [-0.39, 0.29) is 0 Å². The molecule has 0 saturated carbocycles. The average Bonchev–Trinajstić information content (AvgIpc) is 2.51. The van der Waals surface area contributed by atoms with Gasteiger partial charge in [-0.25, -0.2) is 0 Å². The summed E-state index contributed by atoms with van der Waals surface area (Å²) in [4.78, 5) is 0. The summed E-state index contributed by atoms with van der Waals surface area (Å²) < 4.78 is 12.5. The third-order valence-electron chi connectivity index (χ3n) is 3.97. The lowest BCUT2D eigenvalue weighted by molar-refractivity contribution is 0.166. The normalized spacial score (nSPS) is 12.0. The molecule has 0 radical (unpaired) electrons. The molecule has 0 N–H and O–H groups in total. The van der Waals surface area contributed by atoms with E-state index >= 15 is 0 Å². The van der Waals surface area contributed by atoms with Crippen LogP contribution >= 0.6 is 0 Å². The van der Waals surface area contributed by atoms with E-state index in [1.807, 2.05) is 0 Å². The van der Waals surface area contributed by atoms with Crippen LogP contribution in [0.3, 0.4) is 0 Å². The van der Waals surface area contributed by atoms with Crippen LogP contribution in [0.5, 0.6) is 0 Å². The van der Waals surface area contributed by atoms with E-state index in [4.69, 9.17) is 8.85 Å². The second kappa shape index (κ2) is 10.1. The zero-order valence-corrected chi connectivity index (χ0v) is 15.2. The summed E-state index contributed by atoms with van der Waals surface area (Å²) in [6.45, 7) is 10.6. The maximum Gasteiger partial charge on any atom is 0.337 e. The van der Waals surface area contributed by atoms with Crippen molar-refractivity contribution in [2.75, 3.05) is 13.2 Å². The topological polar surface area (TPSA) is 18.5 Å². The summed E-state index contributed by atoms with van der Waals surface area (Å²) in [6, 6.07) is 12.6. The molecule has 0 aliphatic heterocycles. The van der Waals surface area contributed by atoms with Crippen LogP contribution in [0.4, 0.5) is 0 Å². The molecule has 2 nitrogen and oxygen atoms in total. The number of benzene rings is 1. The van der Waals surface area contributed by atoms with Crippen LogP contribution in [0, 0.1) is 5.92 Å². The van der Waals surface area contributed by atoms with Crippen molar-refractivity contribution in [2.45, 2.75) is 59.0 Å². The van der Waals surface area contributed by atoms with E-state index in [1.54, 1.807) is 0 Å². The molecule has 3 heteroatoms. The predicted molar refractivity (Wildman–Crippen MR) is 92.8 cm³/mol. The van der Waals surface area contributed by atoms with Gasteiger partial charge in [0.1, 0.15) is 0 Å². The molecule has 0 saturated heterocycles. The Morgan fingerprint density at radius 2 is 1.57 bits per heavy atom. The lowest BCUT2D eigenvalue weighted by Crippen LogP contribution is -2.41. The number of hydrogen-bond donors (Lipinski definition) is 0. The Labute approximate surface area is 132 Å². The van der Waals surface area contributed by atoms with Crippen molar-refractivity contribution in [1.29, 1.82) is 0 Å². The van der Waals surface area contributed by atoms with Crippen LogP contribution < -0.4 is 0 Å². The molecular formula is C18H32O2Si. The molecule has 0 unspecified atom stereocenters. The van der Waals surface area contributed by atoms with Crippen molar-refractivity contribution in [3.63, 3.8) is 0 Å². The predicted octanol–water partition coefficient (Wildman–Crippen LogP) is 5.18. The second-order valence-electron chi connectivity index (χ2n) is 6.09. The van der Waals surface area contributed by atoms with Gasteiger partial charge in [-0.3, -0.25) is 0 Å². The minimum absolute atomic E-state index is 0.756. The van der Waals surface area contributed by atoms with Crippen molar-refractivity contribution >= 4 is 8.56 Å². The van der Waals surface area contributed by atoms with E-state index in [1.165, 1.54) is 12.0 Å². The molecule has 0 amide bonds. The molecule has 0 atom stereocenters. The molecule has 0 fully saturated rings. The fraction of sp³-hybridized carbons (Fsp3) is 0.667. The molecule has 1 rings (SSSR count). The smallest absolute Gasteiger partial charge is 0.337 e. The summed E-state index contributed by atoms with van der Waals surface area (Å²) in [7, 11) is -1.97. The Morgan fingerprint density at radius 1 is 0.952 bits per heavy atom. The summed E-state index contributed by atoms with van der Waals surface area (Å²) in [5, 5.41) is 0. The first-order valence-electron chi connectivity index (χ1n) is 8.43. The number of rotatable bonds is 11. The highest BCUT2D eigenvalue weighted by Gasteiger charge is 2.33. The maximum absolute atomic E-state index is 6.26. The molecule has 1 aromatic carbocycles. The Hall–Kier alpha value is -0.643. The lowest BCUT2D eigenvalue weighted by atomic mass is 10.1. The zero-order valence-electron chi connectivity index (χ0n) is 14.2. The molecule has 0 aliphatic carbocycles. The first-order chi connectivity index (χ1) is 10.1. The third kappa shape index (κ3) is 7.25. The van der Waals surface area contributed by atoms with Gasteiger partial charge in [0.2, 0.25) is 0 Å². The quantitative estimate of drug-likeness (QED) is 0.414. The molecule has 21 heavy (non-hydrogen) atoms. The van der Waals surface area contributed by atoms with Crippen molar-refractivity contribution in [3.8, 4) is 0 Å². The lowest BCUT2D eigenvalue weighted by Gasteiger charge is -2.29. The molecule has 120 valence electrons. The minimum atomic E-state index is -1.97. The largest absolute Gasteiger partial charge is 0.394 e. The number of hydrogen-bond acceptors (Lipinski definition) is 2. The minimum Gasteiger partial charge on any atom is -0.394 e. The fourth-order valence-electron chi connectivity index (χ4n) is 2.45. The van der Waals surface area contributed by atoms with Crippen molar-refractivity contribution in [1.82, 2.24) is 0 Å². The maximum atomic E-state index is 6.26. The Bertz CT molecular complexity index is 361. The van der Waals surface area contributed by atoms with Gasteiger partial charge in [0.25, 0.3) is 0 Å². The highest BCUT2D eigenvalue weighted by atomic mass is 28.4. The van der Waals surface area contributed by atoms with Gasteiger partial charge in [-0.05, 0) is 42.8 Å². The van der Waals surface area contributed by atoms with Crippen molar-refractivity contribution in [3.05, 3.63) is 35.9 Å². The Morgan fingerprint density at radius 3 is 2.14 bits per heavy atom. The molecule has 0 spiro atoms. The van der Waals surface area contributed by atoms with Crippen LogP contribution in [0.2, 0.25) is 12.1 Å². The van der Waals surface area contributed by atoms with Gasteiger partial charge < -0.3 is 8.85 Å². The van der Waals surface area contributed by atoms with Gasteiger partial charge in [-0.1, -0.05) is 58.0 Å². The Kier molecular flexibility index (Phi) is 8.89. The van der Waals surface area contributed by atoms with Gasteiger partial charge >= 0.3 is 8.56 Å². The monoisotopic (exact) mass is 308 g/mol. The molecule has 0 heterocycles. The molecule has 0 aromatic heterocycles. The molecular weight excluding hydrogens is 276 g/mol. The summed E-state index contributed by atoms with van der Waals surface area (Å²) in [5.41, 5.74) is 1.34. The molecule has 0 aliphatic rings. The van der Waals surface area contributed by atoms with E-state index in [9.17, 15) is 0 Å². The first kappa shape index (κ1) is 18.4. The molecule has 0 bridgehead atoms. The SMILES string of the molecule is CC[Si](CC)(OCCCC(C)C)OCCc1ccccc1. The van der Waals surface area contributed by atoms with Gasteiger partial charge in [-0.2, -0.15) is 0 Å². The summed E-state index contributed by atoms with van der Waals surface area (Å²) in [6.07, 6.45) is 3.36. The van der Waals surface area contributed by atoms with Crippen molar-refractivity contribution in [2.24, 2.45) is 5.92 Å². The van der Waals surface area contributed by atoms with E-state index in [2.05, 4.69) is 58.0 Å². The van der Waals surface area contributed by atoms with Gasteiger partial charge in [0, 0.05) is 13.2 Å². The summed E-state index contributed by atoms with van der Waals surface area (Å²) >= 11 is 0. The van der Waals surface area contributed by atoms with Crippen LogP contribution in [-0.2, 0) is 15.3 Å². The zero-order chi connectivity index (χ0) is 15.6. The fourth-order valence-corrected chi connectivity index (χ4v) is 4.84.